The van der Waals surface area contributed by atoms with Gasteiger partial charge in [-0.3, -0.25) is 14.4 Å². The molecule has 0 aliphatic rings. The van der Waals surface area contributed by atoms with Crippen LogP contribution < -0.4 is 20.7 Å². The molecule has 0 saturated carbocycles. The third kappa shape index (κ3) is 9.59. The molecule has 5 rings (SSSR count). The Morgan fingerprint density at radius 3 is 2.06 bits per heavy atom. The Morgan fingerprint density at radius 2 is 1.40 bits per heavy atom. The van der Waals surface area contributed by atoms with Gasteiger partial charge in [0.15, 0.2) is 0 Å². The van der Waals surface area contributed by atoms with Gasteiger partial charge < -0.3 is 20.7 Å². The van der Waals surface area contributed by atoms with Crippen LogP contribution >= 0.6 is 23.4 Å². The summed E-state index contributed by atoms with van der Waals surface area (Å²) in [6, 6.07) is 39.6. The first kappa shape index (κ1) is 33.1. The first-order chi connectivity index (χ1) is 22.9. The molecular formula is C38H32ClN3O4S. The van der Waals surface area contributed by atoms with Crippen LogP contribution in [0.15, 0.2) is 144 Å². The highest BCUT2D eigenvalue weighted by molar-refractivity contribution is 8.00. The van der Waals surface area contributed by atoms with E-state index >= 15 is 0 Å². The van der Waals surface area contributed by atoms with Crippen LogP contribution in [0.1, 0.15) is 33.7 Å². The van der Waals surface area contributed by atoms with Gasteiger partial charge in [-0.25, -0.2) is 0 Å². The quantitative estimate of drug-likeness (QED) is 0.0919. The molecule has 9 heteroatoms. The van der Waals surface area contributed by atoms with E-state index < -0.39 is 17.1 Å². The summed E-state index contributed by atoms with van der Waals surface area (Å²) in [6.07, 6.45) is 1.57. The number of carbonyl (C=O) groups excluding carboxylic acids is 3. The molecule has 0 radical (unpaired) electrons. The van der Waals surface area contributed by atoms with Gasteiger partial charge in [-0.15, -0.1) is 11.8 Å². The maximum atomic E-state index is 13.5. The summed E-state index contributed by atoms with van der Waals surface area (Å²) in [5.74, 6) is -0.368. The van der Waals surface area contributed by atoms with Crippen molar-refractivity contribution in [1.82, 2.24) is 5.32 Å². The van der Waals surface area contributed by atoms with Crippen LogP contribution in [0.3, 0.4) is 0 Å². The van der Waals surface area contributed by atoms with Gasteiger partial charge in [0.05, 0.1) is 6.61 Å². The van der Waals surface area contributed by atoms with E-state index in [1.165, 1.54) is 11.8 Å². The highest BCUT2D eigenvalue weighted by Gasteiger charge is 2.23. The lowest BCUT2D eigenvalue weighted by Crippen LogP contribution is -2.30. The molecule has 0 heterocycles. The van der Waals surface area contributed by atoms with Gasteiger partial charge in [0.25, 0.3) is 11.8 Å². The van der Waals surface area contributed by atoms with E-state index in [0.29, 0.717) is 34.1 Å². The number of anilines is 2. The van der Waals surface area contributed by atoms with Crippen molar-refractivity contribution in [3.8, 4) is 5.75 Å². The molecule has 0 aliphatic carbocycles. The van der Waals surface area contributed by atoms with E-state index in [4.69, 9.17) is 16.3 Å². The zero-order valence-electron chi connectivity index (χ0n) is 25.5. The van der Waals surface area contributed by atoms with E-state index in [-0.39, 0.29) is 11.6 Å². The van der Waals surface area contributed by atoms with Crippen molar-refractivity contribution in [3.05, 3.63) is 161 Å². The van der Waals surface area contributed by atoms with E-state index in [9.17, 15) is 14.4 Å². The normalized spacial score (nSPS) is 11.7. The van der Waals surface area contributed by atoms with Crippen LogP contribution in [0.2, 0.25) is 5.02 Å². The molecule has 47 heavy (non-hydrogen) atoms. The number of halogens is 1. The van der Waals surface area contributed by atoms with Crippen molar-refractivity contribution in [2.75, 3.05) is 17.2 Å². The molecule has 0 aliphatic heterocycles. The first-order valence-corrected chi connectivity index (χ1v) is 16.1. The summed E-state index contributed by atoms with van der Waals surface area (Å²) < 4.78 is 5.50. The fourth-order valence-corrected chi connectivity index (χ4v) is 5.79. The van der Waals surface area contributed by atoms with Gasteiger partial charge in [0, 0.05) is 26.9 Å². The molecule has 0 saturated heterocycles. The molecule has 5 aromatic carbocycles. The lowest BCUT2D eigenvalue weighted by atomic mass is 10.1. The fraction of sp³-hybridized carbons (Fsp3) is 0.0789. The summed E-state index contributed by atoms with van der Waals surface area (Å²) in [6.45, 7) is 2.48. The maximum absolute atomic E-state index is 13.5. The van der Waals surface area contributed by atoms with Gasteiger partial charge >= 0.3 is 0 Å². The largest absolute Gasteiger partial charge is 0.494 e. The molecule has 0 bridgehead atoms. The number of hydrogen-bond acceptors (Lipinski definition) is 5. The van der Waals surface area contributed by atoms with Crippen molar-refractivity contribution >= 4 is 58.5 Å². The summed E-state index contributed by atoms with van der Waals surface area (Å²) >= 11 is 7.55. The SMILES string of the molecule is CCOc1ccc(NC(=O)C(Sc2ccc(NC(=O)/C(=C/c3cccc(Cl)c3)NC(=O)c3ccccc3)cc2)c2ccccc2)cc1. The highest BCUT2D eigenvalue weighted by atomic mass is 35.5. The lowest BCUT2D eigenvalue weighted by Gasteiger charge is -2.18. The third-order valence-electron chi connectivity index (χ3n) is 6.83. The van der Waals surface area contributed by atoms with Crippen LogP contribution in [0, 0.1) is 0 Å². The van der Waals surface area contributed by atoms with Gasteiger partial charge in [0.1, 0.15) is 16.7 Å². The van der Waals surface area contributed by atoms with Crippen LogP contribution in [-0.2, 0) is 9.59 Å². The first-order valence-electron chi connectivity index (χ1n) is 14.9. The number of nitrogens with one attached hydrogen (secondary N) is 3. The second-order valence-electron chi connectivity index (χ2n) is 10.3. The molecular weight excluding hydrogens is 630 g/mol. The minimum absolute atomic E-state index is 0.0506. The van der Waals surface area contributed by atoms with Crippen molar-refractivity contribution < 1.29 is 19.1 Å². The topological polar surface area (TPSA) is 96.5 Å². The number of rotatable bonds is 12. The molecule has 1 atom stereocenters. The molecule has 3 amide bonds. The predicted molar refractivity (Wildman–Crippen MR) is 190 cm³/mol. The summed E-state index contributed by atoms with van der Waals surface area (Å²) in [5, 5.41) is 8.57. The predicted octanol–water partition coefficient (Wildman–Crippen LogP) is 8.62. The molecule has 0 spiro atoms. The summed E-state index contributed by atoms with van der Waals surface area (Å²) in [5.41, 5.74) is 3.15. The van der Waals surface area contributed by atoms with Crippen molar-refractivity contribution in [1.29, 1.82) is 0 Å². The second kappa shape index (κ2) is 16.3. The Labute approximate surface area is 283 Å². The fourth-order valence-electron chi connectivity index (χ4n) is 4.57. The van der Waals surface area contributed by atoms with Crippen LogP contribution in [0.4, 0.5) is 11.4 Å². The van der Waals surface area contributed by atoms with E-state index in [1.54, 1.807) is 66.7 Å². The standard InChI is InChI=1S/C38H32ClN3O4S/c1-2-46-32-20-16-30(17-21-32)41-38(45)35(27-11-5-3-6-12-27)47-33-22-18-31(19-23-33)40-37(44)34(25-26-10-9-15-29(39)24-26)42-36(43)28-13-7-4-8-14-28/h3-25,35H,2H2,1H3,(H,40,44)(H,41,45)(H,42,43)/b34-25-. The number of carbonyl (C=O) groups is 3. The van der Waals surface area contributed by atoms with Crippen LogP contribution in [0.5, 0.6) is 5.75 Å². The van der Waals surface area contributed by atoms with Crippen molar-refractivity contribution in [3.63, 3.8) is 0 Å². The number of ether oxygens (including phenoxy) is 1. The summed E-state index contributed by atoms with van der Waals surface area (Å²) in [7, 11) is 0. The third-order valence-corrected chi connectivity index (χ3v) is 8.33. The second-order valence-corrected chi connectivity index (χ2v) is 11.9. The van der Waals surface area contributed by atoms with Gasteiger partial charge in [0.2, 0.25) is 5.91 Å². The van der Waals surface area contributed by atoms with Gasteiger partial charge in [-0.05, 0) is 96.9 Å². The van der Waals surface area contributed by atoms with Crippen molar-refractivity contribution in [2.45, 2.75) is 17.1 Å². The van der Waals surface area contributed by atoms with Crippen molar-refractivity contribution in [2.24, 2.45) is 0 Å². The van der Waals surface area contributed by atoms with E-state index in [2.05, 4.69) is 16.0 Å². The summed E-state index contributed by atoms with van der Waals surface area (Å²) in [4.78, 5) is 40.7. The highest BCUT2D eigenvalue weighted by Crippen LogP contribution is 2.37. The molecule has 1 unspecified atom stereocenters. The zero-order valence-corrected chi connectivity index (χ0v) is 27.1. The number of thioether (sulfide) groups is 1. The van der Waals surface area contributed by atoms with E-state index in [0.717, 1.165) is 16.2 Å². The molecule has 236 valence electrons. The Kier molecular flexibility index (Phi) is 11.5. The molecule has 3 N–H and O–H groups in total. The van der Waals surface area contributed by atoms with E-state index in [1.807, 2.05) is 79.7 Å². The molecule has 7 nitrogen and oxygen atoms in total. The number of benzene rings is 5. The van der Waals surface area contributed by atoms with Gasteiger partial charge in [-0.1, -0.05) is 72.3 Å². The van der Waals surface area contributed by atoms with Crippen LogP contribution in [-0.4, -0.2) is 24.3 Å². The molecule has 0 aromatic heterocycles. The monoisotopic (exact) mass is 661 g/mol. The Hall–Kier alpha value is -5.31. The Bertz CT molecular complexity index is 1850. The zero-order chi connectivity index (χ0) is 33.0. The minimum atomic E-state index is -0.538. The number of hydrogen-bond donors (Lipinski definition) is 3. The Morgan fingerprint density at radius 1 is 0.766 bits per heavy atom. The molecule has 0 fully saturated rings. The smallest absolute Gasteiger partial charge is 0.272 e. The Balaban J connectivity index is 1.31. The maximum Gasteiger partial charge on any atom is 0.272 e. The average Bonchev–Trinajstić information content (AvgIpc) is 3.09. The average molecular weight is 662 g/mol. The van der Waals surface area contributed by atoms with Crippen LogP contribution in [0.25, 0.3) is 6.08 Å². The van der Waals surface area contributed by atoms with Gasteiger partial charge in [-0.2, -0.15) is 0 Å². The lowest BCUT2D eigenvalue weighted by molar-refractivity contribution is -0.116. The molecule has 5 aromatic rings. The minimum Gasteiger partial charge on any atom is -0.494 e. The number of amides is 3.